The molecule has 2 aromatic rings. The summed E-state index contributed by atoms with van der Waals surface area (Å²) >= 11 is 11.9. The van der Waals surface area contributed by atoms with Crippen molar-refractivity contribution in [2.45, 2.75) is 19.4 Å². The summed E-state index contributed by atoms with van der Waals surface area (Å²) in [5.41, 5.74) is 1.58. The molecule has 0 aliphatic rings. The minimum atomic E-state index is -0.439. The smallest absolute Gasteiger partial charge is 0.142 e. The summed E-state index contributed by atoms with van der Waals surface area (Å²) in [7, 11) is 1.81. The maximum absolute atomic E-state index is 13.7. The molecular formula is C14H16Cl2FN3. The quantitative estimate of drug-likeness (QED) is 0.905. The van der Waals surface area contributed by atoms with Crippen molar-refractivity contribution < 1.29 is 4.39 Å². The van der Waals surface area contributed by atoms with Gasteiger partial charge in [0.15, 0.2) is 0 Å². The van der Waals surface area contributed by atoms with E-state index in [1.165, 1.54) is 6.07 Å². The van der Waals surface area contributed by atoms with Crippen LogP contribution in [0.3, 0.4) is 0 Å². The molecule has 1 aromatic carbocycles. The number of aryl methyl sites for hydroxylation is 1. The van der Waals surface area contributed by atoms with Crippen LogP contribution in [0.25, 0.3) is 0 Å². The first-order chi connectivity index (χ1) is 9.54. The summed E-state index contributed by atoms with van der Waals surface area (Å²) in [6.07, 6.45) is 2.55. The number of halogens is 3. The van der Waals surface area contributed by atoms with Crippen molar-refractivity contribution in [1.29, 1.82) is 0 Å². The summed E-state index contributed by atoms with van der Waals surface area (Å²) in [4.78, 5) is 0. The average molecular weight is 316 g/mol. The van der Waals surface area contributed by atoms with Crippen LogP contribution in [-0.4, -0.2) is 16.3 Å². The zero-order chi connectivity index (χ0) is 14.7. The molecule has 0 aliphatic heterocycles. The SMILES string of the molecule is CCCNC(c1ccc(Cl)c(F)c1)c1c(Cl)cnn1C. The van der Waals surface area contributed by atoms with Crippen LogP contribution in [0, 0.1) is 5.82 Å². The molecule has 0 bridgehead atoms. The minimum Gasteiger partial charge on any atom is -0.305 e. The summed E-state index contributed by atoms with van der Waals surface area (Å²) in [6.45, 7) is 2.85. The number of rotatable bonds is 5. The molecule has 0 saturated heterocycles. The topological polar surface area (TPSA) is 29.9 Å². The van der Waals surface area contributed by atoms with Crippen molar-refractivity contribution >= 4 is 23.2 Å². The van der Waals surface area contributed by atoms with Crippen molar-refractivity contribution in [3.8, 4) is 0 Å². The fourth-order valence-corrected chi connectivity index (χ4v) is 2.49. The molecule has 0 amide bonds. The van der Waals surface area contributed by atoms with Gasteiger partial charge in [-0.05, 0) is 30.7 Å². The van der Waals surface area contributed by atoms with Crippen LogP contribution in [0.4, 0.5) is 4.39 Å². The van der Waals surface area contributed by atoms with Crippen LogP contribution in [-0.2, 0) is 7.05 Å². The molecule has 1 atom stereocenters. The van der Waals surface area contributed by atoms with Gasteiger partial charge in [0.25, 0.3) is 0 Å². The highest BCUT2D eigenvalue weighted by Gasteiger charge is 2.21. The van der Waals surface area contributed by atoms with Crippen LogP contribution < -0.4 is 5.32 Å². The van der Waals surface area contributed by atoms with E-state index in [0.29, 0.717) is 5.02 Å². The highest BCUT2D eigenvalue weighted by Crippen LogP contribution is 2.29. The second-order valence-corrected chi connectivity index (χ2v) is 5.38. The Kier molecular flexibility index (Phi) is 5.02. The van der Waals surface area contributed by atoms with Crippen LogP contribution in [0.15, 0.2) is 24.4 Å². The zero-order valence-corrected chi connectivity index (χ0v) is 12.8. The molecule has 108 valence electrons. The molecule has 1 heterocycles. The average Bonchev–Trinajstić information content (AvgIpc) is 2.75. The number of benzene rings is 1. The Morgan fingerprint density at radius 3 is 2.65 bits per heavy atom. The highest BCUT2D eigenvalue weighted by molar-refractivity contribution is 6.31. The molecule has 0 radical (unpaired) electrons. The number of aromatic nitrogens is 2. The first-order valence-corrected chi connectivity index (χ1v) is 7.16. The molecule has 20 heavy (non-hydrogen) atoms. The summed E-state index contributed by atoms with van der Waals surface area (Å²) < 4.78 is 15.4. The molecular weight excluding hydrogens is 300 g/mol. The predicted octanol–water partition coefficient (Wildman–Crippen LogP) is 3.96. The second kappa shape index (κ2) is 6.57. The molecule has 0 spiro atoms. The lowest BCUT2D eigenvalue weighted by Crippen LogP contribution is -2.25. The third-order valence-corrected chi connectivity index (χ3v) is 3.68. The Morgan fingerprint density at radius 2 is 2.10 bits per heavy atom. The van der Waals surface area contributed by atoms with Crippen molar-refractivity contribution in [2.75, 3.05) is 6.54 Å². The third kappa shape index (κ3) is 3.14. The van der Waals surface area contributed by atoms with E-state index < -0.39 is 5.82 Å². The Labute approximate surface area is 127 Å². The van der Waals surface area contributed by atoms with Gasteiger partial charge in [0.05, 0.1) is 28.0 Å². The molecule has 3 nitrogen and oxygen atoms in total. The Bertz CT molecular complexity index is 579. The van der Waals surface area contributed by atoms with Gasteiger partial charge < -0.3 is 5.32 Å². The van der Waals surface area contributed by atoms with E-state index in [9.17, 15) is 4.39 Å². The summed E-state index contributed by atoms with van der Waals surface area (Å²) in [5, 5.41) is 8.16. The molecule has 1 aromatic heterocycles. The van der Waals surface area contributed by atoms with Crippen molar-refractivity contribution in [2.24, 2.45) is 7.05 Å². The van der Waals surface area contributed by atoms with Crippen molar-refractivity contribution in [3.05, 3.63) is 51.5 Å². The van der Waals surface area contributed by atoms with Crippen LogP contribution in [0.5, 0.6) is 0 Å². The number of hydrogen-bond acceptors (Lipinski definition) is 2. The monoisotopic (exact) mass is 315 g/mol. The van der Waals surface area contributed by atoms with E-state index in [1.807, 2.05) is 7.05 Å². The lowest BCUT2D eigenvalue weighted by molar-refractivity contribution is 0.548. The van der Waals surface area contributed by atoms with Gasteiger partial charge in [0.2, 0.25) is 0 Å². The van der Waals surface area contributed by atoms with Gasteiger partial charge >= 0.3 is 0 Å². The van der Waals surface area contributed by atoms with Crippen molar-refractivity contribution in [1.82, 2.24) is 15.1 Å². The van der Waals surface area contributed by atoms with Gasteiger partial charge in [-0.1, -0.05) is 36.2 Å². The van der Waals surface area contributed by atoms with Gasteiger partial charge in [-0.3, -0.25) is 4.68 Å². The highest BCUT2D eigenvalue weighted by atomic mass is 35.5. The van der Waals surface area contributed by atoms with Crippen LogP contribution >= 0.6 is 23.2 Å². The fourth-order valence-electron chi connectivity index (χ4n) is 2.10. The van der Waals surface area contributed by atoms with Crippen LogP contribution in [0.1, 0.15) is 30.6 Å². The van der Waals surface area contributed by atoms with Crippen molar-refractivity contribution in [3.63, 3.8) is 0 Å². The van der Waals surface area contributed by atoms with Gasteiger partial charge in [-0.15, -0.1) is 0 Å². The fraction of sp³-hybridized carbons (Fsp3) is 0.357. The third-order valence-electron chi connectivity index (χ3n) is 3.09. The predicted molar refractivity (Wildman–Crippen MR) is 79.8 cm³/mol. The van der Waals surface area contributed by atoms with E-state index in [4.69, 9.17) is 23.2 Å². The van der Waals surface area contributed by atoms with Gasteiger partial charge in [0, 0.05) is 7.05 Å². The minimum absolute atomic E-state index is 0.110. The molecule has 0 saturated carbocycles. The summed E-state index contributed by atoms with van der Waals surface area (Å²) in [5.74, 6) is -0.439. The first kappa shape index (κ1) is 15.3. The van der Waals surface area contributed by atoms with E-state index in [-0.39, 0.29) is 11.1 Å². The van der Waals surface area contributed by atoms with Gasteiger partial charge in [-0.2, -0.15) is 5.10 Å². The second-order valence-electron chi connectivity index (χ2n) is 4.56. The molecule has 2 rings (SSSR count). The van der Waals surface area contributed by atoms with Crippen LogP contribution in [0.2, 0.25) is 10.0 Å². The number of hydrogen-bond donors (Lipinski definition) is 1. The lowest BCUT2D eigenvalue weighted by atomic mass is 10.0. The Balaban J connectivity index is 2.44. The van der Waals surface area contributed by atoms with E-state index >= 15 is 0 Å². The molecule has 6 heteroatoms. The molecule has 1 unspecified atom stereocenters. The largest absolute Gasteiger partial charge is 0.305 e. The Hall–Kier alpha value is -1.10. The zero-order valence-electron chi connectivity index (χ0n) is 11.3. The molecule has 0 fully saturated rings. The van der Waals surface area contributed by atoms with Gasteiger partial charge in [-0.25, -0.2) is 4.39 Å². The number of nitrogens with zero attached hydrogens (tertiary/aromatic N) is 2. The van der Waals surface area contributed by atoms with E-state index in [0.717, 1.165) is 24.2 Å². The standard InChI is InChI=1S/C14H16Cl2FN3/c1-3-6-18-13(14-11(16)8-19-20(14)2)9-4-5-10(15)12(17)7-9/h4-5,7-8,13,18H,3,6H2,1-2H3. The Morgan fingerprint density at radius 1 is 1.35 bits per heavy atom. The maximum Gasteiger partial charge on any atom is 0.142 e. The first-order valence-electron chi connectivity index (χ1n) is 6.40. The lowest BCUT2D eigenvalue weighted by Gasteiger charge is -2.20. The van der Waals surface area contributed by atoms with E-state index in [2.05, 4.69) is 17.3 Å². The molecule has 1 N–H and O–H groups in total. The van der Waals surface area contributed by atoms with Gasteiger partial charge in [0.1, 0.15) is 5.82 Å². The maximum atomic E-state index is 13.7. The van der Waals surface area contributed by atoms with E-state index in [1.54, 1.807) is 23.0 Å². The summed E-state index contributed by atoms with van der Waals surface area (Å²) in [6, 6.07) is 4.56. The number of nitrogens with one attached hydrogen (secondary N) is 1. The molecule has 0 aliphatic carbocycles. The normalized spacial score (nSPS) is 12.7.